The van der Waals surface area contributed by atoms with Crippen molar-refractivity contribution in [1.82, 2.24) is 5.32 Å². The summed E-state index contributed by atoms with van der Waals surface area (Å²) in [7, 11) is 0. The predicted molar refractivity (Wildman–Crippen MR) is 120 cm³/mol. The number of halogens is 1. The molecule has 0 atom stereocenters. The SMILES string of the molecule is CC(C)Oc1ccc2ccccc2c1/C=C1\C(=O)NC(=O)N(c2ccccc2Cl)C1=O. The van der Waals surface area contributed by atoms with E-state index in [4.69, 9.17) is 16.3 Å². The van der Waals surface area contributed by atoms with Gasteiger partial charge < -0.3 is 4.74 Å². The number of hydrogen-bond donors (Lipinski definition) is 1. The average Bonchev–Trinajstić information content (AvgIpc) is 2.73. The molecule has 4 rings (SSSR count). The monoisotopic (exact) mass is 434 g/mol. The van der Waals surface area contributed by atoms with Gasteiger partial charge in [-0.2, -0.15) is 0 Å². The highest BCUT2D eigenvalue weighted by molar-refractivity contribution is 6.42. The maximum Gasteiger partial charge on any atom is 0.335 e. The zero-order valence-corrected chi connectivity index (χ0v) is 17.6. The van der Waals surface area contributed by atoms with Crippen LogP contribution >= 0.6 is 11.6 Å². The lowest BCUT2D eigenvalue weighted by atomic mass is 9.99. The molecule has 0 saturated carbocycles. The number of benzene rings is 3. The number of ether oxygens (including phenoxy) is 1. The number of nitrogens with zero attached hydrogens (tertiary/aromatic N) is 1. The normalized spacial score (nSPS) is 15.7. The van der Waals surface area contributed by atoms with Gasteiger partial charge >= 0.3 is 6.03 Å². The molecule has 31 heavy (non-hydrogen) atoms. The Morgan fingerprint density at radius 3 is 2.42 bits per heavy atom. The first kappa shape index (κ1) is 20.6. The summed E-state index contributed by atoms with van der Waals surface area (Å²) in [6.45, 7) is 3.78. The molecule has 4 amide bonds. The van der Waals surface area contributed by atoms with Crippen molar-refractivity contribution < 1.29 is 19.1 Å². The summed E-state index contributed by atoms with van der Waals surface area (Å²) in [5, 5.41) is 4.18. The molecule has 1 N–H and O–H groups in total. The number of urea groups is 1. The van der Waals surface area contributed by atoms with Gasteiger partial charge in [0, 0.05) is 5.56 Å². The first-order valence-electron chi connectivity index (χ1n) is 9.71. The van der Waals surface area contributed by atoms with E-state index in [1.165, 1.54) is 6.08 Å². The third kappa shape index (κ3) is 3.90. The van der Waals surface area contributed by atoms with E-state index in [0.717, 1.165) is 15.7 Å². The van der Waals surface area contributed by atoms with Crippen molar-refractivity contribution in [2.75, 3.05) is 4.90 Å². The number of para-hydroxylation sites is 1. The Bertz CT molecular complexity index is 1250. The van der Waals surface area contributed by atoms with Crippen molar-refractivity contribution in [1.29, 1.82) is 0 Å². The van der Waals surface area contributed by atoms with Gasteiger partial charge in [0.1, 0.15) is 11.3 Å². The smallest absolute Gasteiger partial charge is 0.335 e. The molecule has 1 saturated heterocycles. The van der Waals surface area contributed by atoms with Gasteiger partial charge in [-0.3, -0.25) is 14.9 Å². The molecule has 0 aromatic heterocycles. The number of imide groups is 2. The van der Waals surface area contributed by atoms with Crippen LogP contribution in [0.25, 0.3) is 16.8 Å². The molecular weight excluding hydrogens is 416 g/mol. The van der Waals surface area contributed by atoms with Crippen LogP contribution in [0.4, 0.5) is 10.5 Å². The number of carbonyl (C=O) groups is 3. The second kappa shape index (κ2) is 8.24. The van der Waals surface area contributed by atoms with E-state index in [1.807, 2.05) is 44.2 Å². The van der Waals surface area contributed by atoms with Gasteiger partial charge in [0.05, 0.1) is 16.8 Å². The highest BCUT2D eigenvalue weighted by atomic mass is 35.5. The zero-order valence-electron chi connectivity index (χ0n) is 16.9. The van der Waals surface area contributed by atoms with Crippen LogP contribution in [0.1, 0.15) is 19.4 Å². The van der Waals surface area contributed by atoms with Gasteiger partial charge in [0.2, 0.25) is 0 Å². The summed E-state index contributed by atoms with van der Waals surface area (Å²) in [4.78, 5) is 39.2. The predicted octanol–water partition coefficient (Wildman–Crippen LogP) is 4.95. The molecule has 3 aromatic carbocycles. The number of fused-ring (bicyclic) bond motifs is 1. The lowest BCUT2D eigenvalue weighted by Gasteiger charge is -2.27. The van der Waals surface area contributed by atoms with Gasteiger partial charge in [-0.05, 0) is 48.9 Å². The zero-order chi connectivity index (χ0) is 22.1. The first-order chi connectivity index (χ1) is 14.9. The fourth-order valence-corrected chi connectivity index (χ4v) is 3.66. The number of barbiturate groups is 1. The molecule has 1 aliphatic rings. The Kier molecular flexibility index (Phi) is 5.48. The molecule has 156 valence electrons. The third-order valence-corrected chi connectivity index (χ3v) is 5.10. The van der Waals surface area contributed by atoms with Crippen LogP contribution in [-0.4, -0.2) is 23.9 Å². The van der Waals surface area contributed by atoms with E-state index < -0.39 is 17.8 Å². The summed E-state index contributed by atoms with van der Waals surface area (Å²) in [6, 6.07) is 16.9. The topological polar surface area (TPSA) is 75.7 Å². The van der Waals surface area contributed by atoms with E-state index in [2.05, 4.69) is 5.32 Å². The van der Waals surface area contributed by atoms with Crippen molar-refractivity contribution >= 4 is 52.0 Å². The third-order valence-electron chi connectivity index (χ3n) is 4.78. The van der Waals surface area contributed by atoms with E-state index in [9.17, 15) is 14.4 Å². The molecule has 0 unspecified atom stereocenters. The van der Waals surface area contributed by atoms with Gasteiger partial charge in [-0.1, -0.05) is 54.1 Å². The highest BCUT2D eigenvalue weighted by Gasteiger charge is 2.38. The van der Waals surface area contributed by atoms with Crippen molar-refractivity contribution in [3.63, 3.8) is 0 Å². The second-order valence-electron chi connectivity index (χ2n) is 7.27. The van der Waals surface area contributed by atoms with E-state index >= 15 is 0 Å². The molecule has 1 heterocycles. The molecule has 0 bridgehead atoms. The van der Waals surface area contributed by atoms with Crippen molar-refractivity contribution in [3.05, 3.63) is 76.8 Å². The van der Waals surface area contributed by atoms with Crippen LogP contribution in [0.3, 0.4) is 0 Å². The fraction of sp³-hybridized carbons (Fsp3) is 0.125. The van der Waals surface area contributed by atoms with Crippen molar-refractivity contribution in [2.24, 2.45) is 0 Å². The number of carbonyl (C=O) groups excluding carboxylic acids is 3. The maximum atomic E-state index is 13.2. The average molecular weight is 435 g/mol. The first-order valence-corrected chi connectivity index (χ1v) is 10.1. The summed E-state index contributed by atoms with van der Waals surface area (Å²) in [6.07, 6.45) is 1.35. The summed E-state index contributed by atoms with van der Waals surface area (Å²) in [5.41, 5.74) is 0.588. The number of rotatable bonds is 4. The van der Waals surface area contributed by atoms with Crippen LogP contribution in [0.5, 0.6) is 5.75 Å². The van der Waals surface area contributed by atoms with Crippen LogP contribution in [0.15, 0.2) is 66.2 Å². The molecule has 6 nitrogen and oxygen atoms in total. The Morgan fingerprint density at radius 2 is 1.68 bits per heavy atom. The quantitative estimate of drug-likeness (QED) is 0.465. The van der Waals surface area contributed by atoms with Gasteiger partial charge in [-0.15, -0.1) is 0 Å². The minimum atomic E-state index is -0.850. The van der Waals surface area contributed by atoms with Crippen LogP contribution in [-0.2, 0) is 9.59 Å². The molecule has 0 aliphatic carbocycles. The van der Waals surface area contributed by atoms with Gasteiger partial charge in [0.15, 0.2) is 0 Å². The Labute approximate surface area is 184 Å². The van der Waals surface area contributed by atoms with Crippen molar-refractivity contribution in [2.45, 2.75) is 20.0 Å². The van der Waals surface area contributed by atoms with Gasteiger partial charge in [-0.25, -0.2) is 9.69 Å². The minimum Gasteiger partial charge on any atom is -0.490 e. The number of anilines is 1. The van der Waals surface area contributed by atoms with Crippen LogP contribution in [0.2, 0.25) is 5.02 Å². The van der Waals surface area contributed by atoms with Crippen LogP contribution < -0.4 is 15.0 Å². The summed E-state index contributed by atoms with van der Waals surface area (Å²) in [5.74, 6) is -1.00. The summed E-state index contributed by atoms with van der Waals surface area (Å²) >= 11 is 6.19. The molecule has 1 fully saturated rings. The lowest BCUT2D eigenvalue weighted by molar-refractivity contribution is -0.122. The van der Waals surface area contributed by atoms with Gasteiger partial charge in [0.25, 0.3) is 11.8 Å². The molecule has 0 radical (unpaired) electrons. The van der Waals surface area contributed by atoms with E-state index in [-0.39, 0.29) is 22.4 Å². The molecule has 0 spiro atoms. The number of amides is 4. The Morgan fingerprint density at radius 1 is 0.968 bits per heavy atom. The highest BCUT2D eigenvalue weighted by Crippen LogP contribution is 2.33. The number of hydrogen-bond acceptors (Lipinski definition) is 4. The largest absolute Gasteiger partial charge is 0.490 e. The van der Waals surface area contributed by atoms with Crippen molar-refractivity contribution in [3.8, 4) is 5.75 Å². The molecular formula is C24H19ClN2O4. The van der Waals surface area contributed by atoms with Crippen LogP contribution in [0, 0.1) is 0 Å². The fourth-order valence-electron chi connectivity index (χ4n) is 3.43. The standard InChI is InChI=1S/C24H19ClN2O4/c1-14(2)31-21-12-11-15-7-3-4-8-16(15)17(21)13-18-22(28)26-24(30)27(23(18)29)20-10-6-5-9-19(20)25/h3-14H,1-2H3,(H,26,28,30)/b18-13+. The maximum absolute atomic E-state index is 13.2. The lowest BCUT2D eigenvalue weighted by Crippen LogP contribution is -2.54. The Hall–Kier alpha value is -3.64. The van der Waals surface area contributed by atoms with E-state index in [1.54, 1.807) is 30.3 Å². The van der Waals surface area contributed by atoms with E-state index in [0.29, 0.717) is 11.3 Å². The molecule has 1 aliphatic heterocycles. The second-order valence-corrected chi connectivity index (χ2v) is 7.68. The Balaban J connectivity index is 1.88. The molecule has 7 heteroatoms. The molecule has 3 aromatic rings. The minimum absolute atomic E-state index is 0.115. The summed E-state index contributed by atoms with van der Waals surface area (Å²) < 4.78 is 5.93. The number of nitrogens with one attached hydrogen (secondary N) is 1.